The fourth-order valence-corrected chi connectivity index (χ4v) is 1.98. The van der Waals surface area contributed by atoms with Gasteiger partial charge in [0.2, 0.25) is 0 Å². The number of nitrogens with one attached hydrogen (secondary N) is 1. The molecule has 1 aliphatic heterocycles. The molecule has 12 heavy (non-hydrogen) atoms. The molecule has 0 amide bonds. The summed E-state index contributed by atoms with van der Waals surface area (Å²) < 4.78 is 26.9. The molecule has 0 spiro atoms. The fraction of sp³-hybridized carbons (Fsp3) is 1.00. The molecule has 1 saturated heterocycles. The standard InChI is InChI=1S/C9H15F2N/c10-9(11,7-3-4-7)8-2-1-5-12-6-8/h7-8,12H,1-6H2. The summed E-state index contributed by atoms with van der Waals surface area (Å²) in [5.74, 6) is -3.06. The third-order valence-electron chi connectivity index (χ3n) is 2.96. The molecule has 1 unspecified atom stereocenters. The average molecular weight is 175 g/mol. The molecule has 3 heteroatoms. The van der Waals surface area contributed by atoms with Crippen molar-refractivity contribution in [2.24, 2.45) is 11.8 Å². The first-order chi connectivity index (χ1) is 5.71. The maximum absolute atomic E-state index is 13.5. The summed E-state index contributed by atoms with van der Waals surface area (Å²) in [7, 11) is 0. The van der Waals surface area contributed by atoms with E-state index in [9.17, 15) is 8.78 Å². The van der Waals surface area contributed by atoms with Crippen molar-refractivity contribution in [1.82, 2.24) is 5.32 Å². The van der Waals surface area contributed by atoms with E-state index in [1.807, 2.05) is 0 Å². The maximum atomic E-state index is 13.5. The largest absolute Gasteiger partial charge is 0.316 e. The van der Waals surface area contributed by atoms with Crippen LogP contribution in [0.4, 0.5) is 8.78 Å². The highest BCUT2D eigenvalue weighted by Gasteiger charge is 2.51. The summed E-state index contributed by atoms with van der Waals surface area (Å²) >= 11 is 0. The minimum absolute atomic E-state index is 0.289. The van der Waals surface area contributed by atoms with E-state index in [-0.39, 0.29) is 5.92 Å². The Morgan fingerprint density at radius 3 is 2.33 bits per heavy atom. The number of rotatable bonds is 2. The first-order valence-corrected chi connectivity index (χ1v) is 4.80. The molecule has 1 atom stereocenters. The second kappa shape index (κ2) is 2.95. The van der Waals surface area contributed by atoms with E-state index in [0.29, 0.717) is 13.0 Å². The Balaban J connectivity index is 1.95. The Morgan fingerprint density at radius 2 is 1.83 bits per heavy atom. The van der Waals surface area contributed by atoms with Crippen LogP contribution in [0.2, 0.25) is 0 Å². The first kappa shape index (κ1) is 8.42. The van der Waals surface area contributed by atoms with Crippen LogP contribution in [0, 0.1) is 11.8 Å². The molecule has 0 aromatic heterocycles. The molecule has 70 valence electrons. The average Bonchev–Trinajstić information content (AvgIpc) is 2.88. The Bertz CT molecular complexity index is 160. The predicted molar refractivity (Wildman–Crippen MR) is 43.3 cm³/mol. The summed E-state index contributed by atoms with van der Waals surface area (Å²) in [5.41, 5.74) is 0. The van der Waals surface area contributed by atoms with Gasteiger partial charge in [-0.2, -0.15) is 0 Å². The van der Waals surface area contributed by atoms with Gasteiger partial charge in [0.25, 0.3) is 5.92 Å². The molecule has 1 N–H and O–H groups in total. The van der Waals surface area contributed by atoms with Gasteiger partial charge in [0.1, 0.15) is 0 Å². The first-order valence-electron chi connectivity index (χ1n) is 4.80. The van der Waals surface area contributed by atoms with Crippen molar-refractivity contribution in [1.29, 1.82) is 0 Å². The highest BCUT2D eigenvalue weighted by Crippen LogP contribution is 2.48. The minimum atomic E-state index is -2.38. The van der Waals surface area contributed by atoms with E-state index < -0.39 is 11.8 Å². The zero-order valence-electron chi connectivity index (χ0n) is 7.15. The molecule has 2 aliphatic rings. The number of halogens is 2. The van der Waals surface area contributed by atoms with Crippen LogP contribution in [0.5, 0.6) is 0 Å². The monoisotopic (exact) mass is 175 g/mol. The number of alkyl halides is 2. The lowest BCUT2D eigenvalue weighted by Crippen LogP contribution is -2.41. The fourth-order valence-electron chi connectivity index (χ4n) is 1.98. The van der Waals surface area contributed by atoms with Crippen molar-refractivity contribution >= 4 is 0 Å². The second-order valence-corrected chi connectivity index (χ2v) is 3.99. The molecule has 1 heterocycles. The van der Waals surface area contributed by atoms with Crippen molar-refractivity contribution in [3.8, 4) is 0 Å². The third kappa shape index (κ3) is 1.47. The zero-order valence-corrected chi connectivity index (χ0v) is 7.15. The predicted octanol–water partition coefficient (Wildman–Crippen LogP) is 2.03. The summed E-state index contributed by atoms with van der Waals surface area (Å²) in [5, 5.41) is 3.04. The smallest absolute Gasteiger partial charge is 0.254 e. The SMILES string of the molecule is FC(F)(C1CC1)C1CCCNC1. The Kier molecular flexibility index (Phi) is 2.07. The van der Waals surface area contributed by atoms with Crippen LogP contribution in [0.3, 0.4) is 0 Å². The number of hydrogen-bond acceptors (Lipinski definition) is 1. The molecule has 1 aliphatic carbocycles. The molecule has 1 nitrogen and oxygen atoms in total. The molecule has 0 bridgehead atoms. The van der Waals surface area contributed by atoms with Gasteiger partial charge in [-0.05, 0) is 32.2 Å². The topological polar surface area (TPSA) is 12.0 Å². The van der Waals surface area contributed by atoms with Gasteiger partial charge in [-0.3, -0.25) is 0 Å². The van der Waals surface area contributed by atoms with E-state index in [4.69, 9.17) is 0 Å². The van der Waals surface area contributed by atoms with E-state index in [1.54, 1.807) is 0 Å². The van der Waals surface area contributed by atoms with E-state index in [0.717, 1.165) is 25.8 Å². The van der Waals surface area contributed by atoms with Crippen molar-refractivity contribution in [2.45, 2.75) is 31.6 Å². The molecule has 0 radical (unpaired) electrons. The normalized spacial score (nSPS) is 32.0. The van der Waals surface area contributed by atoms with Crippen LogP contribution < -0.4 is 5.32 Å². The lowest BCUT2D eigenvalue weighted by molar-refractivity contribution is -0.0850. The van der Waals surface area contributed by atoms with Crippen LogP contribution in [0.1, 0.15) is 25.7 Å². The van der Waals surface area contributed by atoms with Gasteiger partial charge in [0.05, 0.1) is 0 Å². The maximum Gasteiger partial charge on any atom is 0.254 e. The van der Waals surface area contributed by atoms with Crippen molar-refractivity contribution in [2.75, 3.05) is 13.1 Å². The van der Waals surface area contributed by atoms with Gasteiger partial charge in [-0.15, -0.1) is 0 Å². The third-order valence-corrected chi connectivity index (χ3v) is 2.96. The van der Waals surface area contributed by atoms with Gasteiger partial charge in [0, 0.05) is 18.4 Å². The molecule has 2 rings (SSSR count). The van der Waals surface area contributed by atoms with E-state index in [2.05, 4.69) is 5.32 Å². The molecule has 2 fully saturated rings. The zero-order chi connectivity index (χ0) is 8.60. The lowest BCUT2D eigenvalue weighted by atomic mass is 9.90. The second-order valence-electron chi connectivity index (χ2n) is 3.99. The molecular weight excluding hydrogens is 160 g/mol. The highest BCUT2D eigenvalue weighted by atomic mass is 19.3. The summed E-state index contributed by atoms with van der Waals surface area (Å²) in [6.45, 7) is 1.43. The Hall–Kier alpha value is -0.180. The number of hydrogen-bond donors (Lipinski definition) is 1. The van der Waals surface area contributed by atoms with E-state index in [1.165, 1.54) is 0 Å². The Labute approximate surface area is 71.5 Å². The van der Waals surface area contributed by atoms with Gasteiger partial charge in [-0.25, -0.2) is 8.78 Å². The van der Waals surface area contributed by atoms with E-state index >= 15 is 0 Å². The van der Waals surface area contributed by atoms with Crippen LogP contribution in [-0.2, 0) is 0 Å². The highest BCUT2D eigenvalue weighted by molar-refractivity contribution is 4.94. The van der Waals surface area contributed by atoms with Gasteiger partial charge < -0.3 is 5.32 Å². The summed E-state index contributed by atoms with van der Waals surface area (Å²) in [6, 6.07) is 0. The minimum Gasteiger partial charge on any atom is -0.316 e. The molecule has 1 saturated carbocycles. The molecule has 0 aromatic carbocycles. The van der Waals surface area contributed by atoms with Gasteiger partial charge >= 0.3 is 0 Å². The van der Waals surface area contributed by atoms with Crippen molar-refractivity contribution in [3.05, 3.63) is 0 Å². The Morgan fingerprint density at radius 1 is 1.08 bits per heavy atom. The van der Waals surface area contributed by atoms with Crippen LogP contribution in [-0.4, -0.2) is 19.0 Å². The van der Waals surface area contributed by atoms with Gasteiger partial charge in [-0.1, -0.05) is 0 Å². The number of piperidine rings is 1. The van der Waals surface area contributed by atoms with Gasteiger partial charge in [0.15, 0.2) is 0 Å². The quantitative estimate of drug-likeness (QED) is 0.677. The summed E-state index contributed by atoms with van der Waals surface area (Å²) in [6.07, 6.45) is 3.09. The molecule has 0 aromatic rings. The van der Waals surface area contributed by atoms with Crippen LogP contribution in [0.25, 0.3) is 0 Å². The molecular formula is C9H15F2N. The lowest BCUT2D eigenvalue weighted by Gasteiger charge is -2.30. The van der Waals surface area contributed by atoms with Crippen molar-refractivity contribution in [3.63, 3.8) is 0 Å². The summed E-state index contributed by atoms with van der Waals surface area (Å²) in [4.78, 5) is 0. The van der Waals surface area contributed by atoms with Crippen molar-refractivity contribution < 1.29 is 8.78 Å². The van der Waals surface area contributed by atoms with Crippen LogP contribution in [0.15, 0.2) is 0 Å². The van der Waals surface area contributed by atoms with Crippen LogP contribution >= 0.6 is 0 Å².